The molecule has 0 aliphatic carbocycles. The third-order valence-corrected chi connectivity index (χ3v) is 6.18. The fourth-order valence-electron chi connectivity index (χ4n) is 4.41. The van der Waals surface area contributed by atoms with Crippen LogP contribution in [0.2, 0.25) is 0 Å². The minimum absolute atomic E-state index is 0. The Hall–Kier alpha value is -2.39. The lowest BCUT2D eigenvalue weighted by molar-refractivity contribution is 0.134. The van der Waals surface area contributed by atoms with Gasteiger partial charge in [-0.1, -0.05) is 54.6 Å². The van der Waals surface area contributed by atoms with E-state index in [-0.39, 0.29) is 24.0 Å². The second-order valence-electron chi connectivity index (χ2n) is 8.65. The summed E-state index contributed by atoms with van der Waals surface area (Å²) < 4.78 is 2.08. The van der Waals surface area contributed by atoms with E-state index in [4.69, 9.17) is 0 Å². The van der Waals surface area contributed by atoms with E-state index >= 15 is 0 Å². The third-order valence-electron chi connectivity index (χ3n) is 6.18. The monoisotopic (exact) mass is 558 g/mol. The second-order valence-corrected chi connectivity index (χ2v) is 8.65. The summed E-state index contributed by atoms with van der Waals surface area (Å²) in [6, 6.07) is 20.4. The number of likely N-dealkylation sites (tertiary alicyclic amines) is 1. The molecular formula is C26H35IN6. The van der Waals surface area contributed by atoms with Crippen molar-refractivity contribution in [2.45, 2.75) is 51.5 Å². The number of aromatic nitrogens is 2. The number of nitrogens with one attached hydrogen (secondary N) is 2. The van der Waals surface area contributed by atoms with Gasteiger partial charge in [-0.25, -0.2) is 4.98 Å². The Bertz CT molecular complexity index is 989. The van der Waals surface area contributed by atoms with Crippen LogP contribution in [0.1, 0.15) is 36.5 Å². The lowest BCUT2D eigenvalue weighted by Crippen LogP contribution is -2.51. The van der Waals surface area contributed by atoms with E-state index in [1.54, 1.807) is 0 Å². The highest BCUT2D eigenvalue weighted by Gasteiger charge is 2.25. The van der Waals surface area contributed by atoms with Gasteiger partial charge in [-0.3, -0.25) is 9.89 Å². The summed E-state index contributed by atoms with van der Waals surface area (Å²) >= 11 is 0. The Kier molecular flexibility index (Phi) is 9.75. The third kappa shape index (κ3) is 7.57. The Balaban J connectivity index is 0.00000306. The number of guanidine groups is 1. The van der Waals surface area contributed by atoms with E-state index in [0.717, 1.165) is 45.0 Å². The Morgan fingerprint density at radius 2 is 1.85 bits per heavy atom. The van der Waals surface area contributed by atoms with E-state index in [2.05, 4.69) is 91.6 Å². The largest absolute Gasteiger partial charge is 0.354 e. The number of imidazole rings is 1. The zero-order valence-corrected chi connectivity index (χ0v) is 21.9. The molecular weight excluding hydrogens is 523 g/mol. The van der Waals surface area contributed by atoms with Gasteiger partial charge in [-0.05, 0) is 36.5 Å². The van der Waals surface area contributed by atoms with Crippen molar-refractivity contribution in [2.24, 2.45) is 4.99 Å². The van der Waals surface area contributed by atoms with Crippen molar-refractivity contribution in [1.82, 2.24) is 25.1 Å². The molecule has 33 heavy (non-hydrogen) atoms. The van der Waals surface area contributed by atoms with Crippen LogP contribution in [-0.4, -0.2) is 46.1 Å². The highest BCUT2D eigenvalue weighted by Crippen LogP contribution is 2.20. The highest BCUT2D eigenvalue weighted by molar-refractivity contribution is 14.0. The molecule has 0 radical (unpaired) electrons. The number of aliphatic imine (C=N–C) groups is 1. The first-order valence-corrected chi connectivity index (χ1v) is 11.5. The Morgan fingerprint density at radius 1 is 1.06 bits per heavy atom. The molecule has 2 atom stereocenters. The number of rotatable bonds is 7. The predicted molar refractivity (Wildman–Crippen MR) is 146 cm³/mol. The molecule has 3 aromatic rings. The molecule has 1 aliphatic rings. The van der Waals surface area contributed by atoms with Crippen molar-refractivity contribution in [3.8, 4) is 0 Å². The van der Waals surface area contributed by atoms with Crippen LogP contribution in [0.25, 0.3) is 0 Å². The number of hydrogen-bond acceptors (Lipinski definition) is 3. The normalized spacial score (nSPS) is 19.0. The van der Waals surface area contributed by atoms with Gasteiger partial charge in [0.05, 0.1) is 6.33 Å². The molecule has 0 spiro atoms. The molecule has 0 bridgehead atoms. The maximum absolute atomic E-state index is 4.46. The van der Waals surface area contributed by atoms with Crippen molar-refractivity contribution < 1.29 is 0 Å². The van der Waals surface area contributed by atoms with Crippen molar-refractivity contribution in [2.75, 3.05) is 13.6 Å². The predicted octanol–water partition coefficient (Wildman–Crippen LogP) is 4.27. The van der Waals surface area contributed by atoms with Crippen LogP contribution in [0.4, 0.5) is 0 Å². The fraction of sp³-hybridized carbons (Fsp3) is 0.385. The topological polar surface area (TPSA) is 57.5 Å². The summed E-state index contributed by atoms with van der Waals surface area (Å²) in [4.78, 5) is 11.2. The Morgan fingerprint density at radius 3 is 2.58 bits per heavy atom. The number of nitrogens with zero attached hydrogens (tertiary/aromatic N) is 4. The molecule has 0 amide bonds. The molecule has 6 nitrogen and oxygen atoms in total. The summed E-state index contributed by atoms with van der Waals surface area (Å²) in [5.74, 6) is 0.874. The minimum atomic E-state index is 0. The standard InChI is InChI=1S/C26H34N6.HI/c1-21-15-25(11-13-32(21)19-22-7-4-3-5-8-22)30-26(27-2)29-17-23-9-6-10-24(16-23)18-31-14-12-28-20-31;/h3-10,12,14,16,20-21,25H,11,13,15,17-19H2,1-2H3,(H2,27,29,30);1H. The maximum Gasteiger partial charge on any atom is 0.191 e. The molecule has 176 valence electrons. The Labute approximate surface area is 214 Å². The first-order chi connectivity index (χ1) is 15.7. The summed E-state index contributed by atoms with van der Waals surface area (Å²) in [6.07, 6.45) is 7.89. The van der Waals surface area contributed by atoms with E-state index < -0.39 is 0 Å². The highest BCUT2D eigenvalue weighted by atomic mass is 127. The SMILES string of the molecule is CN=C(NCc1cccc(Cn2ccnc2)c1)NC1CCN(Cc2ccccc2)C(C)C1.I. The van der Waals surface area contributed by atoms with Crippen LogP contribution < -0.4 is 10.6 Å². The van der Waals surface area contributed by atoms with Gasteiger partial charge in [0.15, 0.2) is 5.96 Å². The van der Waals surface area contributed by atoms with E-state index in [1.807, 2.05) is 25.8 Å². The molecule has 0 saturated carbocycles. The van der Waals surface area contributed by atoms with Crippen LogP contribution in [0.15, 0.2) is 78.3 Å². The number of halogens is 1. The van der Waals surface area contributed by atoms with Crippen molar-refractivity contribution in [1.29, 1.82) is 0 Å². The molecule has 2 N–H and O–H groups in total. The molecule has 2 aromatic carbocycles. The molecule has 1 aromatic heterocycles. The van der Waals surface area contributed by atoms with Crippen molar-refractivity contribution in [3.05, 3.63) is 90.0 Å². The van der Waals surface area contributed by atoms with E-state index in [9.17, 15) is 0 Å². The van der Waals surface area contributed by atoms with Gasteiger partial charge in [0, 0.05) is 57.7 Å². The zero-order chi connectivity index (χ0) is 22.2. The number of hydrogen-bond donors (Lipinski definition) is 2. The summed E-state index contributed by atoms with van der Waals surface area (Å²) in [5.41, 5.74) is 3.90. The molecule has 2 heterocycles. The van der Waals surface area contributed by atoms with Gasteiger partial charge in [-0.15, -0.1) is 24.0 Å². The van der Waals surface area contributed by atoms with Gasteiger partial charge < -0.3 is 15.2 Å². The van der Waals surface area contributed by atoms with Crippen molar-refractivity contribution in [3.63, 3.8) is 0 Å². The summed E-state index contributed by atoms with van der Waals surface area (Å²) in [5, 5.41) is 7.13. The average Bonchev–Trinajstić information content (AvgIpc) is 3.32. The van der Waals surface area contributed by atoms with Gasteiger partial charge in [0.1, 0.15) is 0 Å². The van der Waals surface area contributed by atoms with Crippen LogP contribution in [0, 0.1) is 0 Å². The van der Waals surface area contributed by atoms with Gasteiger partial charge in [0.2, 0.25) is 0 Å². The van der Waals surface area contributed by atoms with Crippen molar-refractivity contribution >= 4 is 29.9 Å². The van der Waals surface area contributed by atoms with Crippen LogP contribution in [0.5, 0.6) is 0 Å². The summed E-state index contributed by atoms with van der Waals surface area (Å²) in [6.45, 7) is 6.04. The zero-order valence-electron chi connectivity index (χ0n) is 19.5. The van der Waals surface area contributed by atoms with Crippen LogP contribution in [-0.2, 0) is 19.6 Å². The molecule has 1 saturated heterocycles. The molecule has 7 heteroatoms. The van der Waals surface area contributed by atoms with Crippen LogP contribution in [0.3, 0.4) is 0 Å². The van der Waals surface area contributed by atoms with Gasteiger partial charge >= 0.3 is 0 Å². The first-order valence-electron chi connectivity index (χ1n) is 11.5. The van der Waals surface area contributed by atoms with E-state index in [1.165, 1.54) is 16.7 Å². The number of piperidine rings is 1. The maximum atomic E-state index is 4.46. The minimum Gasteiger partial charge on any atom is -0.354 e. The molecule has 4 rings (SSSR count). The van der Waals surface area contributed by atoms with Crippen LogP contribution >= 0.6 is 24.0 Å². The second kappa shape index (κ2) is 12.7. The fourth-order valence-corrected chi connectivity index (χ4v) is 4.41. The average molecular weight is 559 g/mol. The molecule has 1 fully saturated rings. The van der Waals surface area contributed by atoms with Gasteiger partial charge in [-0.2, -0.15) is 0 Å². The molecule has 2 unspecified atom stereocenters. The number of benzene rings is 2. The van der Waals surface area contributed by atoms with Gasteiger partial charge in [0.25, 0.3) is 0 Å². The quantitative estimate of drug-likeness (QED) is 0.259. The lowest BCUT2D eigenvalue weighted by Gasteiger charge is -2.38. The summed E-state index contributed by atoms with van der Waals surface area (Å²) in [7, 11) is 1.85. The first kappa shape index (κ1) is 25.2. The van der Waals surface area contributed by atoms with E-state index in [0.29, 0.717) is 12.1 Å². The lowest BCUT2D eigenvalue weighted by atomic mass is 9.97. The molecule has 1 aliphatic heterocycles. The smallest absolute Gasteiger partial charge is 0.191 e.